The highest BCUT2D eigenvalue weighted by atomic mass is 19.2. The Hall–Kier alpha value is -2.09. The topological polar surface area (TPSA) is 75.6 Å². The predicted octanol–water partition coefficient (Wildman–Crippen LogP) is 1.47. The fourth-order valence-corrected chi connectivity index (χ4v) is 2.09. The normalized spacial score (nSPS) is 17.3. The van der Waals surface area contributed by atoms with Gasteiger partial charge in [-0.25, -0.2) is 18.0 Å². The molecule has 0 aliphatic carbocycles. The Morgan fingerprint density at radius 1 is 1.14 bits per heavy atom. The molecule has 114 valence electrons. The second-order valence-corrected chi connectivity index (χ2v) is 4.71. The van der Waals surface area contributed by atoms with Crippen molar-refractivity contribution in [2.45, 2.75) is 18.4 Å². The van der Waals surface area contributed by atoms with E-state index in [0.29, 0.717) is 12.1 Å². The van der Waals surface area contributed by atoms with E-state index in [-0.39, 0.29) is 26.1 Å². The highest BCUT2D eigenvalue weighted by molar-refractivity contribution is 5.97. The van der Waals surface area contributed by atoms with Gasteiger partial charge >= 0.3 is 5.97 Å². The quantitative estimate of drug-likeness (QED) is 0.829. The predicted molar refractivity (Wildman–Crippen MR) is 64.2 cm³/mol. The molecule has 1 aliphatic rings. The van der Waals surface area contributed by atoms with E-state index in [1.807, 2.05) is 0 Å². The molecule has 0 spiro atoms. The maximum Gasteiger partial charge on any atom is 0.329 e. The Balaban J connectivity index is 2.25. The summed E-state index contributed by atoms with van der Waals surface area (Å²) in [5, 5.41) is 11.5. The van der Waals surface area contributed by atoms with Crippen LogP contribution >= 0.6 is 0 Å². The van der Waals surface area contributed by atoms with Gasteiger partial charge in [-0.05, 0) is 12.1 Å². The van der Waals surface area contributed by atoms with E-state index in [0.717, 1.165) is 0 Å². The van der Waals surface area contributed by atoms with Crippen LogP contribution in [0.4, 0.5) is 13.2 Å². The lowest BCUT2D eigenvalue weighted by Gasteiger charge is -2.33. The fourth-order valence-electron chi connectivity index (χ4n) is 2.09. The molecule has 5 nitrogen and oxygen atoms in total. The number of carboxylic acids is 1. The average molecular weight is 303 g/mol. The first-order valence-corrected chi connectivity index (χ1v) is 6.14. The molecule has 0 aromatic heterocycles. The third kappa shape index (κ3) is 2.99. The van der Waals surface area contributed by atoms with Crippen LogP contribution in [-0.2, 0) is 9.53 Å². The first-order chi connectivity index (χ1) is 9.85. The Morgan fingerprint density at radius 3 is 2.14 bits per heavy atom. The van der Waals surface area contributed by atoms with Crippen molar-refractivity contribution >= 4 is 11.9 Å². The van der Waals surface area contributed by atoms with E-state index in [1.54, 1.807) is 0 Å². The molecule has 0 unspecified atom stereocenters. The average Bonchev–Trinajstić information content (AvgIpc) is 2.45. The van der Waals surface area contributed by atoms with Crippen LogP contribution in [0.3, 0.4) is 0 Å². The lowest BCUT2D eigenvalue weighted by molar-refractivity contribution is -0.148. The minimum atomic E-state index is -1.69. The van der Waals surface area contributed by atoms with Crippen molar-refractivity contribution < 1.29 is 32.6 Å². The van der Waals surface area contributed by atoms with Crippen molar-refractivity contribution in [2.24, 2.45) is 0 Å². The summed E-state index contributed by atoms with van der Waals surface area (Å²) in [6.07, 6.45) is 0.0560. The maximum atomic E-state index is 13.1. The molecule has 21 heavy (non-hydrogen) atoms. The van der Waals surface area contributed by atoms with E-state index < -0.39 is 40.4 Å². The summed E-state index contributed by atoms with van der Waals surface area (Å²) in [5.74, 6) is -6.97. The van der Waals surface area contributed by atoms with Crippen molar-refractivity contribution in [3.8, 4) is 0 Å². The molecule has 1 aromatic carbocycles. The van der Waals surface area contributed by atoms with Crippen molar-refractivity contribution in [2.75, 3.05) is 13.2 Å². The zero-order chi connectivity index (χ0) is 15.6. The molecule has 1 heterocycles. The smallest absolute Gasteiger partial charge is 0.329 e. The molecule has 0 saturated carbocycles. The van der Waals surface area contributed by atoms with Gasteiger partial charge in [0.2, 0.25) is 0 Å². The number of aliphatic carboxylic acids is 1. The molecule has 0 radical (unpaired) electrons. The van der Waals surface area contributed by atoms with Crippen LogP contribution in [0, 0.1) is 17.5 Å². The molecule has 8 heteroatoms. The lowest BCUT2D eigenvalue weighted by atomic mass is 9.89. The number of benzene rings is 1. The van der Waals surface area contributed by atoms with Gasteiger partial charge in [0.25, 0.3) is 5.91 Å². The van der Waals surface area contributed by atoms with Gasteiger partial charge in [0, 0.05) is 31.6 Å². The number of carbonyl (C=O) groups excluding carboxylic acids is 1. The standard InChI is InChI=1S/C13H12F3NO4/c14-8-5-7(6-9(15)10(8)16)11(18)17-13(12(19)20)1-3-21-4-2-13/h5-6H,1-4H2,(H,17,18)(H,19,20). The number of rotatable bonds is 3. The van der Waals surface area contributed by atoms with Gasteiger partial charge in [-0.2, -0.15) is 0 Å². The van der Waals surface area contributed by atoms with Gasteiger partial charge in [0.15, 0.2) is 17.5 Å². The fraction of sp³-hybridized carbons (Fsp3) is 0.385. The van der Waals surface area contributed by atoms with Crippen LogP contribution in [0.15, 0.2) is 12.1 Å². The summed E-state index contributed by atoms with van der Waals surface area (Å²) in [7, 11) is 0. The molecule has 1 aromatic rings. The van der Waals surface area contributed by atoms with E-state index >= 15 is 0 Å². The first-order valence-electron chi connectivity index (χ1n) is 6.14. The van der Waals surface area contributed by atoms with Crippen molar-refractivity contribution in [3.05, 3.63) is 35.1 Å². The second-order valence-electron chi connectivity index (χ2n) is 4.71. The van der Waals surface area contributed by atoms with Gasteiger partial charge in [0.1, 0.15) is 5.54 Å². The number of amides is 1. The maximum absolute atomic E-state index is 13.1. The summed E-state index contributed by atoms with van der Waals surface area (Å²) in [5.41, 5.74) is -2.05. The zero-order valence-corrected chi connectivity index (χ0v) is 10.8. The number of carbonyl (C=O) groups is 2. The van der Waals surface area contributed by atoms with Gasteiger partial charge < -0.3 is 15.2 Å². The van der Waals surface area contributed by atoms with E-state index in [2.05, 4.69) is 5.32 Å². The third-order valence-corrected chi connectivity index (χ3v) is 3.35. The monoisotopic (exact) mass is 303 g/mol. The molecule has 0 atom stereocenters. The van der Waals surface area contributed by atoms with Gasteiger partial charge in [0.05, 0.1) is 0 Å². The molecule has 2 N–H and O–H groups in total. The van der Waals surface area contributed by atoms with Gasteiger partial charge in [-0.3, -0.25) is 4.79 Å². The van der Waals surface area contributed by atoms with Crippen LogP contribution in [0.5, 0.6) is 0 Å². The van der Waals surface area contributed by atoms with Crippen LogP contribution in [-0.4, -0.2) is 35.7 Å². The number of hydrogen-bond donors (Lipinski definition) is 2. The molecular weight excluding hydrogens is 291 g/mol. The second kappa shape index (κ2) is 5.72. The largest absolute Gasteiger partial charge is 0.480 e. The van der Waals surface area contributed by atoms with Crippen LogP contribution < -0.4 is 5.32 Å². The molecule has 2 rings (SSSR count). The van der Waals surface area contributed by atoms with Crippen molar-refractivity contribution in [1.29, 1.82) is 0 Å². The van der Waals surface area contributed by atoms with E-state index in [9.17, 15) is 27.9 Å². The van der Waals surface area contributed by atoms with Crippen molar-refractivity contribution in [3.63, 3.8) is 0 Å². The Kier molecular flexibility index (Phi) is 4.17. The summed E-state index contributed by atoms with van der Waals surface area (Å²) >= 11 is 0. The Labute approximate surface area is 117 Å². The third-order valence-electron chi connectivity index (χ3n) is 3.35. The SMILES string of the molecule is O=C(NC1(C(=O)O)CCOCC1)c1cc(F)c(F)c(F)c1. The minimum Gasteiger partial charge on any atom is -0.480 e. The van der Waals surface area contributed by atoms with Crippen LogP contribution in [0.25, 0.3) is 0 Å². The van der Waals surface area contributed by atoms with Crippen molar-refractivity contribution in [1.82, 2.24) is 5.32 Å². The summed E-state index contributed by atoms with van der Waals surface area (Å²) in [6, 6.07) is 1.03. The molecule has 1 saturated heterocycles. The highest BCUT2D eigenvalue weighted by Gasteiger charge is 2.41. The zero-order valence-electron chi connectivity index (χ0n) is 10.8. The first kappa shape index (κ1) is 15.3. The molecule has 0 bridgehead atoms. The number of halogens is 3. The number of carboxylic acid groups (broad SMARTS) is 1. The Bertz CT molecular complexity index is 562. The molecule has 1 amide bonds. The van der Waals surface area contributed by atoms with Gasteiger partial charge in [-0.15, -0.1) is 0 Å². The number of hydrogen-bond acceptors (Lipinski definition) is 3. The number of nitrogens with one attached hydrogen (secondary N) is 1. The molecule has 1 aliphatic heterocycles. The van der Waals surface area contributed by atoms with Crippen LogP contribution in [0.1, 0.15) is 23.2 Å². The van der Waals surface area contributed by atoms with Gasteiger partial charge in [-0.1, -0.05) is 0 Å². The summed E-state index contributed by atoms with van der Waals surface area (Å²) in [4.78, 5) is 23.3. The van der Waals surface area contributed by atoms with E-state index in [1.165, 1.54) is 0 Å². The van der Waals surface area contributed by atoms with Crippen LogP contribution in [0.2, 0.25) is 0 Å². The minimum absolute atomic E-state index is 0.0280. The molecule has 1 fully saturated rings. The molecular formula is C13H12F3NO4. The summed E-state index contributed by atoms with van der Waals surface area (Å²) in [6.45, 7) is 0.275. The van der Waals surface area contributed by atoms with E-state index in [4.69, 9.17) is 4.74 Å². The summed E-state index contributed by atoms with van der Waals surface area (Å²) < 4.78 is 44.1. The Morgan fingerprint density at radius 2 is 1.67 bits per heavy atom. The lowest BCUT2D eigenvalue weighted by Crippen LogP contribution is -2.57. The highest BCUT2D eigenvalue weighted by Crippen LogP contribution is 2.22. The number of ether oxygens (including phenoxy) is 1.